The van der Waals surface area contributed by atoms with E-state index in [1.807, 2.05) is 37.3 Å². The summed E-state index contributed by atoms with van der Waals surface area (Å²) in [4.78, 5) is 30.0. The number of methoxy groups -OCH3 is 1. The van der Waals surface area contributed by atoms with Gasteiger partial charge in [0.25, 0.3) is 11.7 Å². The normalized spacial score (nSPS) is 22.1. The van der Waals surface area contributed by atoms with E-state index in [1.165, 1.54) is 4.90 Å². The second-order valence-electron chi connectivity index (χ2n) is 11.0. The fourth-order valence-corrected chi connectivity index (χ4v) is 5.89. The summed E-state index contributed by atoms with van der Waals surface area (Å²) in [7, 11) is 1.57. The Kier molecular flexibility index (Phi) is 9.15. The number of amides is 1. The van der Waals surface area contributed by atoms with Crippen molar-refractivity contribution in [2.24, 2.45) is 0 Å². The number of carbonyl (C=O) groups excluding carboxylic acids is 2. The first-order chi connectivity index (χ1) is 19.9. The number of hydrogen-bond acceptors (Lipinski definition) is 7. The maximum atomic E-state index is 13.5. The number of hydrogen-bond donors (Lipinski definition) is 2. The van der Waals surface area contributed by atoms with Gasteiger partial charge in [-0.15, -0.1) is 0 Å². The Morgan fingerprint density at radius 3 is 2.66 bits per heavy atom. The van der Waals surface area contributed by atoms with Crippen LogP contribution < -0.4 is 19.1 Å². The zero-order valence-corrected chi connectivity index (χ0v) is 24.2. The summed E-state index contributed by atoms with van der Waals surface area (Å²) in [6, 6.07) is 10.1. The van der Waals surface area contributed by atoms with Crippen LogP contribution in [0.5, 0.6) is 17.2 Å². The molecule has 0 aliphatic carbocycles. The number of nitrogens with one attached hydrogen (secondary N) is 1. The predicted octanol–water partition coefficient (Wildman–Crippen LogP) is 2.92. The fraction of sp³-hybridized carbons (Fsp3) is 0.500. The number of morpholine rings is 1. The number of likely N-dealkylation sites (tertiary alicyclic amines) is 1. The van der Waals surface area contributed by atoms with Gasteiger partial charge in [-0.2, -0.15) is 0 Å². The Labute approximate surface area is 241 Å². The van der Waals surface area contributed by atoms with E-state index in [1.54, 1.807) is 18.1 Å². The smallest absolute Gasteiger partial charge is 0.295 e. The van der Waals surface area contributed by atoms with E-state index in [4.69, 9.17) is 18.9 Å². The third-order valence-corrected chi connectivity index (χ3v) is 8.10. The number of aliphatic hydroxyl groups excluding tert-OH is 1. The molecule has 2 N–H and O–H groups in total. The zero-order chi connectivity index (χ0) is 28.9. The zero-order valence-electron chi connectivity index (χ0n) is 24.2. The molecule has 2 aromatic rings. The molecule has 0 radical (unpaired) electrons. The third-order valence-electron chi connectivity index (χ3n) is 8.10. The van der Waals surface area contributed by atoms with Crippen LogP contribution in [-0.2, 0) is 20.7 Å². The van der Waals surface area contributed by atoms with Crippen molar-refractivity contribution in [2.45, 2.75) is 51.7 Å². The maximum absolute atomic E-state index is 13.5. The largest absolute Gasteiger partial charge is 0.507 e. The van der Waals surface area contributed by atoms with Crippen molar-refractivity contribution < 1.29 is 38.5 Å². The molecule has 0 saturated carbocycles. The summed E-state index contributed by atoms with van der Waals surface area (Å²) in [5.74, 6) is 0.433. The number of ketones is 1. The number of unbranched alkanes of at least 4 members (excludes halogenated alkanes) is 1. The number of nitrogens with zero attached hydrogens (tertiary/aromatic N) is 1. The first-order valence-corrected chi connectivity index (χ1v) is 14.7. The average molecular weight is 566 g/mol. The van der Waals surface area contributed by atoms with Crippen molar-refractivity contribution in [3.8, 4) is 17.2 Å². The van der Waals surface area contributed by atoms with Gasteiger partial charge in [0.1, 0.15) is 30.7 Å². The van der Waals surface area contributed by atoms with Gasteiger partial charge in [0, 0.05) is 24.9 Å². The van der Waals surface area contributed by atoms with E-state index in [-0.39, 0.29) is 17.4 Å². The number of benzene rings is 2. The first-order valence-electron chi connectivity index (χ1n) is 14.7. The molecule has 0 bridgehead atoms. The van der Waals surface area contributed by atoms with Crippen molar-refractivity contribution in [2.75, 3.05) is 53.1 Å². The van der Waals surface area contributed by atoms with Crippen molar-refractivity contribution >= 4 is 17.4 Å². The maximum Gasteiger partial charge on any atom is 0.295 e. The highest BCUT2D eigenvalue weighted by molar-refractivity contribution is 6.46. The Bertz CT molecular complexity index is 1300. The number of quaternary nitrogens is 1. The summed E-state index contributed by atoms with van der Waals surface area (Å²) in [6.45, 7) is 9.25. The van der Waals surface area contributed by atoms with Crippen LogP contribution >= 0.6 is 0 Å². The van der Waals surface area contributed by atoms with Gasteiger partial charge in [-0.25, -0.2) is 0 Å². The number of rotatable bonds is 11. The second kappa shape index (κ2) is 13.0. The molecule has 2 atom stereocenters. The van der Waals surface area contributed by atoms with Crippen LogP contribution in [0.4, 0.5) is 0 Å². The van der Waals surface area contributed by atoms with Crippen molar-refractivity contribution in [1.29, 1.82) is 0 Å². The standard InChI is InChI=1S/C32H40N2O7/c1-4-5-15-40-26-10-7-22(20-27(26)38-3)29-28(30(35)23-8-9-25-24(19-23)18-21(2)41-25)31(36)32(37)34(29)12-6-11-33-13-16-39-17-14-33/h7-10,19-21,29,35H,4-6,11-18H2,1-3H3/p+1/t21-,29+/m0/s1. The quantitative estimate of drug-likeness (QED) is 0.187. The number of fused-ring (bicyclic) bond motifs is 1. The van der Waals surface area contributed by atoms with E-state index < -0.39 is 17.7 Å². The molecule has 3 aliphatic heterocycles. The molecule has 2 saturated heterocycles. The summed E-state index contributed by atoms with van der Waals surface area (Å²) in [6.07, 6.45) is 3.42. The Morgan fingerprint density at radius 1 is 1.10 bits per heavy atom. The third kappa shape index (κ3) is 6.21. The number of Topliss-reactive ketones (excluding diaryl/α,β-unsaturated/α-hetero) is 1. The highest BCUT2D eigenvalue weighted by Gasteiger charge is 2.46. The molecular weight excluding hydrogens is 524 g/mol. The lowest BCUT2D eigenvalue weighted by Crippen LogP contribution is -3.14. The second-order valence-corrected chi connectivity index (χ2v) is 11.0. The minimum atomic E-state index is -0.753. The molecule has 2 aromatic carbocycles. The molecule has 1 amide bonds. The molecule has 0 unspecified atom stereocenters. The Morgan fingerprint density at radius 2 is 1.90 bits per heavy atom. The van der Waals surface area contributed by atoms with E-state index >= 15 is 0 Å². The summed E-state index contributed by atoms with van der Waals surface area (Å²) in [5.41, 5.74) is 2.23. The van der Waals surface area contributed by atoms with Crippen molar-refractivity contribution in [3.05, 3.63) is 58.7 Å². The molecule has 9 heteroatoms. The highest BCUT2D eigenvalue weighted by atomic mass is 16.5. The molecule has 0 spiro atoms. The predicted molar refractivity (Wildman–Crippen MR) is 154 cm³/mol. The van der Waals surface area contributed by atoms with Crippen LogP contribution in [0.2, 0.25) is 0 Å². The van der Waals surface area contributed by atoms with Crippen LogP contribution in [0.1, 0.15) is 55.8 Å². The van der Waals surface area contributed by atoms with Crippen LogP contribution in [0.15, 0.2) is 42.0 Å². The highest BCUT2D eigenvalue weighted by Crippen LogP contribution is 2.42. The molecule has 2 fully saturated rings. The molecule has 3 heterocycles. The van der Waals surface area contributed by atoms with Crippen molar-refractivity contribution in [1.82, 2.24) is 4.90 Å². The van der Waals surface area contributed by atoms with E-state index in [0.29, 0.717) is 35.8 Å². The van der Waals surface area contributed by atoms with Gasteiger partial charge in [-0.1, -0.05) is 19.4 Å². The van der Waals surface area contributed by atoms with Crippen molar-refractivity contribution in [3.63, 3.8) is 0 Å². The van der Waals surface area contributed by atoms with E-state index in [9.17, 15) is 14.7 Å². The SMILES string of the molecule is CCCCOc1ccc([C@@H]2C(=C(O)c3ccc4c(c3)C[C@H](C)O4)C(=O)C(=O)N2CCC[NH+]2CCOCC2)cc1OC. The van der Waals surface area contributed by atoms with Gasteiger partial charge in [-0.05, 0) is 54.8 Å². The summed E-state index contributed by atoms with van der Waals surface area (Å²) in [5, 5.41) is 11.6. The monoisotopic (exact) mass is 565 g/mol. The number of aliphatic hydroxyl groups is 1. The molecule has 9 nitrogen and oxygen atoms in total. The van der Waals surface area contributed by atoms with Gasteiger partial charge in [0.15, 0.2) is 11.5 Å². The van der Waals surface area contributed by atoms with Crippen LogP contribution in [0, 0.1) is 0 Å². The van der Waals surface area contributed by atoms with E-state index in [0.717, 1.165) is 69.8 Å². The topological polar surface area (TPSA) is 99.0 Å². The molecule has 5 rings (SSSR count). The lowest BCUT2D eigenvalue weighted by atomic mass is 9.94. The lowest BCUT2D eigenvalue weighted by Gasteiger charge is -2.28. The van der Waals surface area contributed by atoms with Crippen LogP contribution in [0.25, 0.3) is 5.76 Å². The Hall–Kier alpha value is -3.56. The van der Waals surface area contributed by atoms with E-state index in [2.05, 4.69) is 6.92 Å². The summed E-state index contributed by atoms with van der Waals surface area (Å²) < 4.78 is 22.9. The number of carbonyl (C=O) groups is 2. The van der Waals surface area contributed by atoms with Gasteiger partial charge < -0.3 is 33.9 Å². The molecule has 41 heavy (non-hydrogen) atoms. The van der Waals surface area contributed by atoms with Gasteiger partial charge >= 0.3 is 0 Å². The molecule has 0 aromatic heterocycles. The average Bonchev–Trinajstić information content (AvgIpc) is 3.48. The van der Waals surface area contributed by atoms with Crippen LogP contribution in [0.3, 0.4) is 0 Å². The minimum Gasteiger partial charge on any atom is -0.507 e. The first kappa shape index (κ1) is 29.0. The van der Waals surface area contributed by atoms with Gasteiger partial charge in [0.2, 0.25) is 0 Å². The minimum absolute atomic E-state index is 0.0482. The fourth-order valence-electron chi connectivity index (χ4n) is 5.89. The lowest BCUT2D eigenvalue weighted by molar-refractivity contribution is -0.908. The summed E-state index contributed by atoms with van der Waals surface area (Å²) >= 11 is 0. The Balaban J connectivity index is 1.50. The van der Waals surface area contributed by atoms with Crippen LogP contribution in [-0.4, -0.2) is 80.9 Å². The molecular formula is C32H41N2O7+. The number of ether oxygens (including phenoxy) is 4. The van der Waals surface area contributed by atoms with Gasteiger partial charge in [-0.3, -0.25) is 9.59 Å². The molecule has 220 valence electrons. The van der Waals surface area contributed by atoms with Gasteiger partial charge in [0.05, 0.1) is 45.1 Å². The molecule has 3 aliphatic rings.